The third-order valence-corrected chi connectivity index (χ3v) is 7.66. The molecule has 0 fully saturated rings. The normalized spacial score (nSPS) is 13.3. The molecule has 0 aliphatic heterocycles. The van der Waals surface area contributed by atoms with Gasteiger partial charge in [0.15, 0.2) is 0 Å². The summed E-state index contributed by atoms with van der Waals surface area (Å²) in [4.78, 5) is 19.8. The first-order valence-corrected chi connectivity index (χ1v) is 13.5. The van der Waals surface area contributed by atoms with Gasteiger partial charge < -0.3 is 9.47 Å². The zero-order chi connectivity index (χ0) is 24.6. The molecule has 2 heterocycles. The molecule has 182 valence electrons. The highest BCUT2D eigenvalue weighted by atomic mass is 32.2. The fraction of sp³-hybridized carbons (Fsp3) is 0.310. The summed E-state index contributed by atoms with van der Waals surface area (Å²) in [6.07, 6.45) is 8.94. The average Bonchev–Trinajstić information content (AvgIpc) is 3.53. The van der Waals surface area contributed by atoms with Crippen LogP contribution in [0.2, 0.25) is 0 Å². The highest BCUT2D eigenvalue weighted by Crippen LogP contribution is 2.29. The summed E-state index contributed by atoms with van der Waals surface area (Å²) < 4.78 is 3.06. The van der Waals surface area contributed by atoms with Crippen molar-refractivity contribution < 1.29 is 4.79 Å². The first kappa shape index (κ1) is 25.3. The third kappa shape index (κ3) is 6.86. The molecule has 0 saturated heterocycles. The number of rotatable bonds is 6. The monoisotopic (exact) mass is 503 g/mol. The lowest BCUT2D eigenvalue weighted by Crippen LogP contribution is -2.32. The van der Waals surface area contributed by atoms with E-state index >= 15 is 0 Å². The molecule has 4 nitrogen and oxygen atoms in total. The first-order chi connectivity index (χ1) is 17.0. The van der Waals surface area contributed by atoms with Crippen molar-refractivity contribution in [2.75, 3.05) is 4.90 Å². The second kappa shape index (κ2) is 12.2. The predicted octanol–water partition coefficient (Wildman–Crippen LogP) is 7.06. The van der Waals surface area contributed by atoms with E-state index in [1.807, 2.05) is 58.4 Å². The van der Waals surface area contributed by atoms with Crippen molar-refractivity contribution >= 4 is 35.6 Å². The number of aromatic nitrogens is 2. The minimum absolute atomic E-state index is 0.139. The topological polar surface area (TPSA) is 38.1 Å². The maximum atomic E-state index is 13.4. The molecular weight excluding hydrogens is 470 g/mol. The molecule has 0 unspecified atom stereocenters. The van der Waals surface area contributed by atoms with Gasteiger partial charge in [0.25, 0.3) is 0 Å². The van der Waals surface area contributed by atoms with Gasteiger partial charge in [-0.25, -0.2) is 4.98 Å². The number of imidazole rings is 1. The Bertz CT molecular complexity index is 1220. The van der Waals surface area contributed by atoms with Gasteiger partial charge in [0.05, 0.1) is 10.8 Å². The molecule has 2 aromatic carbocycles. The van der Waals surface area contributed by atoms with Gasteiger partial charge in [-0.05, 0) is 71.9 Å². The smallest absolute Gasteiger partial charge is 0.228 e. The van der Waals surface area contributed by atoms with Gasteiger partial charge in [0.2, 0.25) is 5.91 Å². The molecular formula is C29H33N3OS2. The molecule has 5 rings (SSSR count). The van der Waals surface area contributed by atoms with E-state index in [9.17, 15) is 4.79 Å². The quantitative estimate of drug-likeness (QED) is 0.286. The van der Waals surface area contributed by atoms with Crippen LogP contribution in [0.5, 0.6) is 0 Å². The average molecular weight is 504 g/mol. The lowest BCUT2D eigenvalue weighted by molar-refractivity contribution is -0.119. The van der Waals surface area contributed by atoms with Crippen LogP contribution < -0.4 is 4.90 Å². The minimum atomic E-state index is 0.139. The van der Waals surface area contributed by atoms with E-state index in [-0.39, 0.29) is 11.8 Å². The number of hydrogen-bond acceptors (Lipinski definition) is 4. The van der Waals surface area contributed by atoms with E-state index < -0.39 is 0 Å². The number of fused-ring (bicyclic) bond motifs is 1. The Morgan fingerprint density at radius 3 is 2.49 bits per heavy atom. The Morgan fingerprint density at radius 1 is 1.09 bits per heavy atom. The second-order valence-corrected chi connectivity index (χ2v) is 10.8. The van der Waals surface area contributed by atoms with Gasteiger partial charge in [-0.2, -0.15) is 0 Å². The van der Waals surface area contributed by atoms with Gasteiger partial charge in [-0.3, -0.25) is 4.79 Å². The minimum Gasteiger partial charge on any atom is -0.337 e. The maximum absolute atomic E-state index is 13.4. The summed E-state index contributed by atoms with van der Waals surface area (Å²) in [5, 5.41) is 2.00. The molecule has 6 heteroatoms. The number of amides is 1. The molecule has 1 amide bonds. The standard InChI is InChI=1S/C25H29N3O.C4H4S2/c1-19(20-8-4-3-5-9-20)16-25(29)28(18-24-26-14-15-27(24)2)23-13-12-21-10-6-7-11-22(21)17-23;5-4-2-1-3-6-4/h3-5,8-9,12-15,17,19H,6-7,10-11,16,18H2,1-2H3;1-3,5H/t19-;/m0./s1. The number of hydrogen-bond donors (Lipinski definition) is 1. The van der Waals surface area contributed by atoms with Crippen LogP contribution in [0.15, 0.2) is 82.6 Å². The molecule has 1 aliphatic carbocycles. The van der Waals surface area contributed by atoms with Crippen molar-refractivity contribution in [3.05, 3.63) is 101 Å². The molecule has 2 aromatic heterocycles. The Morgan fingerprint density at radius 2 is 1.86 bits per heavy atom. The van der Waals surface area contributed by atoms with Crippen LogP contribution in [0.3, 0.4) is 0 Å². The van der Waals surface area contributed by atoms with E-state index in [1.54, 1.807) is 17.5 Å². The summed E-state index contributed by atoms with van der Waals surface area (Å²) in [7, 11) is 1.98. The Balaban J connectivity index is 0.000000421. The Kier molecular flexibility index (Phi) is 8.83. The van der Waals surface area contributed by atoms with Gasteiger partial charge in [0, 0.05) is 31.5 Å². The van der Waals surface area contributed by atoms with Gasteiger partial charge in [-0.15, -0.1) is 24.0 Å². The number of carbonyl (C=O) groups excluding carboxylic acids is 1. The summed E-state index contributed by atoms with van der Waals surface area (Å²) in [5.41, 5.74) is 5.01. The van der Waals surface area contributed by atoms with Crippen LogP contribution in [0.25, 0.3) is 0 Å². The van der Waals surface area contributed by atoms with Gasteiger partial charge in [0.1, 0.15) is 5.82 Å². The third-order valence-electron chi connectivity index (χ3n) is 6.52. The van der Waals surface area contributed by atoms with Crippen molar-refractivity contribution in [3.8, 4) is 0 Å². The number of anilines is 1. The molecule has 0 bridgehead atoms. The van der Waals surface area contributed by atoms with Crippen LogP contribution in [0.4, 0.5) is 5.69 Å². The fourth-order valence-electron chi connectivity index (χ4n) is 4.44. The number of benzene rings is 2. The van der Waals surface area contributed by atoms with Crippen molar-refractivity contribution in [2.45, 2.75) is 55.7 Å². The van der Waals surface area contributed by atoms with Crippen molar-refractivity contribution in [1.82, 2.24) is 9.55 Å². The first-order valence-electron chi connectivity index (χ1n) is 12.2. The highest BCUT2D eigenvalue weighted by molar-refractivity contribution is 7.82. The number of carbonyl (C=O) groups is 1. The van der Waals surface area contributed by atoms with Gasteiger partial charge in [-0.1, -0.05) is 49.4 Å². The SMILES string of the molecule is C[C@@H](CC(=O)N(Cc1nccn1C)c1ccc2c(c1)CCCC2)c1ccccc1.Sc1cccs1. The predicted molar refractivity (Wildman–Crippen MR) is 149 cm³/mol. The number of nitrogens with zero attached hydrogens (tertiary/aromatic N) is 3. The zero-order valence-corrected chi connectivity index (χ0v) is 22.1. The molecule has 35 heavy (non-hydrogen) atoms. The summed E-state index contributed by atoms with van der Waals surface area (Å²) >= 11 is 5.70. The van der Waals surface area contributed by atoms with Crippen molar-refractivity contribution in [3.63, 3.8) is 0 Å². The van der Waals surface area contributed by atoms with E-state index in [1.165, 1.54) is 29.5 Å². The van der Waals surface area contributed by atoms with Gasteiger partial charge >= 0.3 is 0 Å². The summed E-state index contributed by atoms with van der Waals surface area (Å²) in [6.45, 7) is 2.61. The summed E-state index contributed by atoms with van der Waals surface area (Å²) in [5.74, 6) is 1.20. The maximum Gasteiger partial charge on any atom is 0.228 e. The Labute approximate surface area is 218 Å². The van der Waals surface area contributed by atoms with E-state index in [2.05, 4.69) is 54.9 Å². The molecule has 4 aromatic rings. The highest BCUT2D eigenvalue weighted by Gasteiger charge is 2.22. The van der Waals surface area contributed by atoms with Crippen LogP contribution in [-0.2, 0) is 31.2 Å². The van der Waals surface area contributed by atoms with E-state index in [0.717, 1.165) is 28.6 Å². The molecule has 0 N–H and O–H groups in total. The fourth-order valence-corrected chi connectivity index (χ4v) is 5.17. The number of thiophene rings is 1. The molecule has 0 saturated carbocycles. The second-order valence-electron chi connectivity index (χ2n) is 9.06. The largest absolute Gasteiger partial charge is 0.337 e. The zero-order valence-electron chi connectivity index (χ0n) is 20.4. The molecule has 0 spiro atoms. The van der Waals surface area contributed by atoms with E-state index in [0.29, 0.717) is 13.0 Å². The van der Waals surface area contributed by atoms with E-state index in [4.69, 9.17) is 0 Å². The van der Waals surface area contributed by atoms with Crippen LogP contribution in [-0.4, -0.2) is 15.5 Å². The van der Waals surface area contributed by atoms with Crippen LogP contribution in [0.1, 0.15) is 54.6 Å². The lowest BCUT2D eigenvalue weighted by Gasteiger charge is -2.26. The van der Waals surface area contributed by atoms with Crippen LogP contribution in [0, 0.1) is 0 Å². The number of thiol groups is 1. The Hall–Kier alpha value is -2.83. The van der Waals surface area contributed by atoms with Crippen LogP contribution >= 0.6 is 24.0 Å². The lowest BCUT2D eigenvalue weighted by atomic mass is 9.91. The molecule has 1 atom stereocenters. The summed E-state index contributed by atoms with van der Waals surface area (Å²) in [6, 6.07) is 20.8. The molecule has 0 radical (unpaired) electrons. The number of aryl methyl sites for hydroxylation is 3. The van der Waals surface area contributed by atoms with Crippen molar-refractivity contribution in [1.29, 1.82) is 0 Å². The molecule has 1 aliphatic rings. The van der Waals surface area contributed by atoms with Crippen molar-refractivity contribution in [2.24, 2.45) is 7.05 Å².